The van der Waals surface area contributed by atoms with Crippen molar-refractivity contribution in [3.05, 3.63) is 62.7 Å². The summed E-state index contributed by atoms with van der Waals surface area (Å²) in [4.78, 5) is 22.8. The molecule has 1 aliphatic rings. The first-order valence-corrected chi connectivity index (χ1v) is 8.45. The Morgan fingerprint density at radius 2 is 1.88 bits per heavy atom. The van der Waals surface area contributed by atoms with Gasteiger partial charge in [-0.3, -0.25) is 14.9 Å². The lowest BCUT2D eigenvalue weighted by atomic mass is 9.91. The lowest BCUT2D eigenvalue weighted by Crippen LogP contribution is -2.28. The van der Waals surface area contributed by atoms with E-state index in [1.165, 1.54) is 6.07 Å². The number of nitrogens with zero attached hydrogens (tertiary/aromatic N) is 1. The van der Waals surface area contributed by atoms with E-state index < -0.39 is 10.5 Å². The molecular formula is C20H21NO5. The number of Topliss-reactive ketones (excluding diaryl/α,β-unsaturated/α-hetero) is 1. The van der Waals surface area contributed by atoms with Crippen molar-refractivity contribution in [2.24, 2.45) is 0 Å². The van der Waals surface area contributed by atoms with Crippen molar-refractivity contribution in [2.75, 3.05) is 6.61 Å². The number of ether oxygens (including phenoxy) is 2. The molecule has 2 aromatic rings. The van der Waals surface area contributed by atoms with Crippen LogP contribution in [0.15, 0.2) is 30.3 Å². The summed E-state index contributed by atoms with van der Waals surface area (Å²) < 4.78 is 12.0. The number of nitro groups is 1. The number of para-hydroxylation sites is 1. The van der Waals surface area contributed by atoms with Gasteiger partial charge in [-0.25, -0.2) is 0 Å². The van der Waals surface area contributed by atoms with E-state index in [1.807, 2.05) is 26.0 Å². The molecule has 0 spiro atoms. The van der Waals surface area contributed by atoms with Crippen molar-refractivity contribution in [1.82, 2.24) is 0 Å². The van der Waals surface area contributed by atoms with Gasteiger partial charge in [-0.2, -0.15) is 0 Å². The summed E-state index contributed by atoms with van der Waals surface area (Å²) in [6.07, 6.45) is 0.373. The maximum Gasteiger partial charge on any atom is 0.272 e. The molecule has 0 aromatic heterocycles. The van der Waals surface area contributed by atoms with Crippen molar-refractivity contribution in [1.29, 1.82) is 0 Å². The summed E-state index contributed by atoms with van der Waals surface area (Å²) in [5.41, 5.74) is 1.93. The Morgan fingerprint density at radius 1 is 1.15 bits per heavy atom. The highest BCUT2D eigenvalue weighted by Gasteiger charge is 2.32. The highest BCUT2D eigenvalue weighted by molar-refractivity contribution is 6.00. The second-order valence-corrected chi connectivity index (χ2v) is 6.91. The Kier molecular flexibility index (Phi) is 4.44. The Balaban J connectivity index is 2.01. The van der Waals surface area contributed by atoms with Crippen LogP contribution < -0.4 is 9.47 Å². The van der Waals surface area contributed by atoms with E-state index in [0.29, 0.717) is 41.2 Å². The van der Waals surface area contributed by atoms with Gasteiger partial charge in [-0.1, -0.05) is 12.1 Å². The fourth-order valence-electron chi connectivity index (χ4n) is 3.19. The van der Waals surface area contributed by atoms with Crippen LogP contribution in [0.25, 0.3) is 0 Å². The van der Waals surface area contributed by atoms with Crippen molar-refractivity contribution in [2.45, 2.75) is 39.7 Å². The van der Waals surface area contributed by atoms with Gasteiger partial charge in [0, 0.05) is 29.2 Å². The highest BCUT2D eigenvalue weighted by Crippen LogP contribution is 2.40. The van der Waals surface area contributed by atoms with Crippen LogP contribution in [0.4, 0.5) is 5.69 Å². The van der Waals surface area contributed by atoms with Gasteiger partial charge in [0.05, 0.1) is 17.1 Å². The Labute approximate surface area is 151 Å². The molecule has 0 unspecified atom stereocenters. The first kappa shape index (κ1) is 17.9. The third kappa shape index (κ3) is 3.03. The third-order valence-electron chi connectivity index (χ3n) is 4.81. The van der Waals surface area contributed by atoms with E-state index in [0.717, 1.165) is 5.56 Å². The Bertz CT molecular complexity index is 901. The fourth-order valence-corrected chi connectivity index (χ4v) is 3.19. The lowest BCUT2D eigenvalue weighted by molar-refractivity contribution is -0.385. The zero-order valence-corrected chi connectivity index (χ0v) is 15.3. The topological polar surface area (TPSA) is 78.7 Å². The molecule has 1 aliphatic heterocycles. The zero-order valence-electron chi connectivity index (χ0n) is 15.3. The van der Waals surface area contributed by atoms with E-state index in [9.17, 15) is 14.9 Å². The molecule has 1 heterocycles. The van der Waals surface area contributed by atoms with E-state index in [1.54, 1.807) is 26.0 Å². The molecule has 0 fully saturated rings. The standard InChI is InChI=1S/C20H21NO5/c1-12-13(2)18(9-8-16(12)21(23)24)26-20(3,4)15-7-5-6-14-17(22)10-11-25-19(14)15/h5-9H,10-11H2,1-4H3. The minimum absolute atomic E-state index is 0.0614. The molecule has 136 valence electrons. The molecule has 3 rings (SSSR count). The molecule has 0 aliphatic carbocycles. The fraction of sp³-hybridized carbons (Fsp3) is 0.350. The van der Waals surface area contributed by atoms with Gasteiger partial charge in [-0.05, 0) is 39.8 Å². The second kappa shape index (κ2) is 6.44. The maximum absolute atomic E-state index is 12.1. The number of rotatable bonds is 4. The van der Waals surface area contributed by atoms with Gasteiger partial charge in [0.15, 0.2) is 5.78 Å². The van der Waals surface area contributed by atoms with Crippen LogP contribution in [0.5, 0.6) is 11.5 Å². The first-order chi connectivity index (χ1) is 12.2. The molecule has 0 atom stereocenters. The third-order valence-corrected chi connectivity index (χ3v) is 4.81. The summed E-state index contributed by atoms with van der Waals surface area (Å²) in [6, 6.07) is 8.53. The minimum Gasteiger partial charge on any atom is -0.492 e. The molecule has 0 bridgehead atoms. The monoisotopic (exact) mass is 355 g/mol. The van der Waals surface area contributed by atoms with Gasteiger partial charge in [-0.15, -0.1) is 0 Å². The number of fused-ring (bicyclic) bond motifs is 1. The number of hydrogen-bond acceptors (Lipinski definition) is 5. The summed E-state index contributed by atoms with van der Waals surface area (Å²) in [7, 11) is 0. The van der Waals surface area contributed by atoms with Crippen LogP contribution in [0.2, 0.25) is 0 Å². The lowest BCUT2D eigenvalue weighted by Gasteiger charge is -2.31. The first-order valence-electron chi connectivity index (χ1n) is 8.45. The highest BCUT2D eigenvalue weighted by atomic mass is 16.6. The van der Waals surface area contributed by atoms with E-state index in [2.05, 4.69) is 0 Å². The molecule has 26 heavy (non-hydrogen) atoms. The molecule has 0 amide bonds. The predicted octanol–water partition coefficient (Wildman–Crippen LogP) is 4.49. The minimum atomic E-state index is -0.781. The summed E-state index contributed by atoms with van der Waals surface area (Å²) >= 11 is 0. The quantitative estimate of drug-likeness (QED) is 0.596. The Morgan fingerprint density at radius 3 is 2.58 bits per heavy atom. The van der Waals surface area contributed by atoms with Crippen LogP contribution in [-0.4, -0.2) is 17.3 Å². The van der Waals surface area contributed by atoms with Crippen LogP contribution in [0, 0.1) is 24.0 Å². The van der Waals surface area contributed by atoms with E-state index in [-0.39, 0.29) is 11.5 Å². The molecule has 2 aromatic carbocycles. The van der Waals surface area contributed by atoms with Crippen molar-refractivity contribution >= 4 is 11.5 Å². The molecule has 0 radical (unpaired) electrons. The number of benzene rings is 2. The maximum atomic E-state index is 12.1. The van der Waals surface area contributed by atoms with Crippen LogP contribution in [-0.2, 0) is 5.60 Å². The van der Waals surface area contributed by atoms with E-state index >= 15 is 0 Å². The molecular weight excluding hydrogens is 334 g/mol. The van der Waals surface area contributed by atoms with Crippen LogP contribution >= 0.6 is 0 Å². The SMILES string of the molecule is Cc1c(OC(C)(C)c2cccc3c2OCCC3=O)ccc([N+](=O)[O-])c1C. The molecule has 6 nitrogen and oxygen atoms in total. The van der Waals surface area contributed by atoms with Gasteiger partial charge >= 0.3 is 0 Å². The van der Waals surface area contributed by atoms with Crippen molar-refractivity contribution in [3.63, 3.8) is 0 Å². The van der Waals surface area contributed by atoms with Crippen molar-refractivity contribution < 1.29 is 19.2 Å². The number of hydrogen-bond donors (Lipinski definition) is 0. The molecule has 0 N–H and O–H groups in total. The average Bonchev–Trinajstić information content (AvgIpc) is 2.58. The number of ketones is 1. The number of carbonyl (C=O) groups is 1. The normalized spacial score (nSPS) is 13.8. The average molecular weight is 355 g/mol. The molecule has 6 heteroatoms. The van der Waals surface area contributed by atoms with Crippen molar-refractivity contribution in [3.8, 4) is 11.5 Å². The summed E-state index contributed by atoms with van der Waals surface area (Å²) in [6.45, 7) is 7.64. The van der Waals surface area contributed by atoms with Gasteiger partial charge in [0.25, 0.3) is 5.69 Å². The van der Waals surface area contributed by atoms with Gasteiger partial charge in [0.1, 0.15) is 17.1 Å². The van der Waals surface area contributed by atoms with Crippen LogP contribution in [0.3, 0.4) is 0 Å². The Hall–Kier alpha value is -2.89. The largest absolute Gasteiger partial charge is 0.492 e. The second-order valence-electron chi connectivity index (χ2n) is 6.91. The van der Waals surface area contributed by atoms with Gasteiger partial charge in [0.2, 0.25) is 0 Å². The number of nitro benzene ring substituents is 1. The predicted molar refractivity (Wildman–Crippen MR) is 97.1 cm³/mol. The summed E-state index contributed by atoms with van der Waals surface area (Å²) in [5.74, 6) is 1.19. The van der Waals surface area contributed by atoms with Crippen LogP contribution in [0.1, 0.15) is 47.3 Å². The van der Waals surface area contributed by atoms with Gasteiger partial charge < -0.3 is 9.47 Å². The molecule has 0 saturated heterocycles. The summed E-state index contributed by atoms with van der Waals surface area (Å²) in [5, 5.41) is 11.1. The zero-order chi connectivity index (χ0) is 19.1. The molecule has 0 saturated carbocycles. The number of carbonyl (C=O) groups excluding carboxylic acids is 1. The van der Waals surface area contributed by atoms with E-state index in [4.69, 9.17) is 9.47 Å². The smallest absolute Gasteiger partial charge is 0.272 e.